The second kappa shape index (κ2) is 7.81. The van der Waals surface area contributed by atoms with Crippen LogP contribution in [0.1, 0.15) is 103 Å². The molecule has 0 radical (unpaired) electrons. The summed E-state index contributed by atoms with van der Waals surface area (Å²) in [6.45, 7) is 0. The van der Waals surface area contributed by atoms with Gasteiger partial charge in [0, 0.05) is 12.8 Å². The van der Waals surface area contributed by atoms with Crippen molar-refractivity contribution in [2.75, 3.05) is 0 Å². The van der Waals surface area contributed by atoms with Crippen LogP contribution in [0.3, 0.4) is 0 Å². The largest absolute Gasteiger partial charge is 0.481 e. The van der Waals surface area contributed by atoms with Crippen LogP contribution < -0.4 is 0 Å². The first-order chi connectivity index (χ1) is 14.3. The predicted octanol–water partition coefficient (Wildman–Crippen LogP) is 6.14. The van der Waals surface area contributed by atoms with E-state index in [1.165, 1.54) is 77.0 Å². The lowest BCUT2D eigenvalue weighted by atomic mass is 9.48. The fraction of sp³-hybridized carbons (Fsp3) is 0.923. The molecule has 168 valence electrons. The van der Waals surface area contributed by atoms with Gasteiger partial charge in [0.05, 0.1) is 0 Å². The van der Waals surface area contributed by atoms with E-state index in [0.29, 0.717) is 23.7 Å². The van der Waals surface area contributed by atoms with E-state index in [1.807, 2.05) is 0 Å². The van der Waals surface area contributed by atoms with Gasteiger partial charge in [-0.05, 0) is 136 Å². The zero-order valence-corrected chi connectivity index (χ0v) is 18.5. The Bertz CT molecular complexity index is 552. The Labute approximate surface area is 181 Å². The Morgan fingerprint density at radius 2 is 0.767 bits per heavy atom. The van der Waals surface area contributed by atoms with Crippen LogP contribution >= 0.6 is 0 Å². The summed E-state index contributed by atoms with van der Waals surface area (Å²) >= 11 is 0. The minimum Gasteiger partial charge on any atom is -0.481 e. The smallest absolute Gasteiger partial charge is 0.303 e. The van der Waals surface area contributed by atoms with Gasteiger partial charge in [-0.25, -0.2) is 0 Å². The number of aliphatic carboxylic acids is 2. The third kappa shape index (κ3) is 4.30. The first-order valence-corrected chi connectivity index (χ1v) is 12.7. The maximum atomic E-state index is 10.7. The van der Waals surface area contributed by atoms with E-state index in [-0.39, 0.29) is 0 Å². The molecular formula is C26H40O4. The van der Waals surface area contributed by atoms with E-state index < -0.39 is 11.9 Å². The molecule has 0 atom stereocenters. The Balaban J connectivity index is 0.000000128. The second-order valence-electron chi connectivity index (χ2n) is 12.6. The molecule has 0 heterocycles. The molecule has 4 heteroatoms. The van der Waals surface area contributed by atoms with Crippen molar-refractivity contribution < 1.29 is 19.8 Å². The van der Waals surface area contributed by atoms with E-state index in [0.717, 1.165) is 48.3 Å². The SMILES string of the molecule is O=C(O)CCC12CC3CC(CC(C3)C1)C2.O=C(O)CCC12CC3CC(CC(C3)C1)C2. The molecule has 0 spiro atoms. The van der Waals surface area contributed by atoms with Crippen LogP contribution in [0, 0.1) is 46.3 Å². The molecule has 0 aromatic carbocycles. The lowest BCUT2D eigenvalue weighted by Gasteiger charge is -2.57. The highest BCUT2D eigenvalue weighted by atomic mass is 16.4. The summed E-state index contributed by atoms with van der Waals surface area (Å²) in [5.41, 5.74) is 0.903. The highest BCUT2D eigenvalue weighted by molar-refractivity contribution is 5.67. The van der Waals surface area contributed by atoms with E-state index in [9.17, 15) is 9.59 Å². The van der Waals surface area contributed by atoms with Crippen molar-refractivity contribution in [3.63, 3.8) is 0 Å². The average molecular weight is 417 g/mol. The third-order valence-corrected chi connectivity index (χ3v) is 10.1. The Morgan fingerprint density at radius 3 is 0.967 bits per heavy atom. The molecular weight excluding hydrogens is 376 g/mol. The lowest BCUT2D eigenvalue weighted by molar-refractivity contribution is -0.140. The van der Waals surface area contributed by atoms with Crippen molar-refractivity contribution >= 4 is 11.9 Å². The topological polar surface area (TPSA) is 74.6 Å². The molecule has 0 amide bonds. The molecule has 8 rings (SSSR count). The molecule has 8 saturated carbocycles. The van der Waals surface area contributed by atoms with Gasteiger partial charge >= 0.3 is 11.9 Å². The quantitative estimate of drug-likeness (QED) is 0.546. The minimum absolute atomic E-state index is 0.395. The van der Waals surface area contributed by atoms with Gasteiger partial charge < -0.3 is 10.2 Å². The van der Waals surface area contributed by atoms with Crippen LogP contribution in [0.4, 0.5) is 0 Å². The fourth-order valence-corrected chi connectivity index (χ4v) is 9.94. The summed E-state index contributed by atoms with van der Waals surface area (Å²) in [5, 5.41) is 17.6. The van der Waals surface area contributed by atoms with Crippen LogP contribution in [0.5, 0.6) is 0 Å². The molecule has 0 aromatic rings. The maximum absolute atomic E-state index is 10.7. The highest BCUT2D eigenvalue weighted by Crippen LogP contribution is 2.62. The number of carboxylic acid groups (broad SMARTS) is 2. The van der Waals surface area contributed by atoms with Crippen molar-refractivity contribution in [1.29, 1.82) is 0 Å². The standard InChI is InChI=1S/2C13H20O2/c2*14-12(15)1-2-13-6-9-3-10(7-13)5-11(4-9)8-13/h2*9-11H,1-8H2,(H,14,15). The van der Waals surface area contributed by atoms with Crippen LogP contribution in [0.15, 0.2) is 0 Å². The van der Waals surface area contributed by atoms with Gasteiger partial charge in [0.15, 0.2) is 0 Å². The minimum atomic E-state index is -0.606. The molecule has 30 heavy (non-hydrogen) atoms. The lowest BCUT2D eigenvalue weighted by Crippen LogP contribution is -2.46. The molecule has 2 N–H and O–H groups in total. The van der Waals surface area contributed by atoms with Crippen LogP contribution in [-0.4, -0.2) is 22.2 Å². The summed E-state index contributed by atoms with van der Waals surface area (Å²) in [6.07, 6.45) is 19.4. The molecule has 0 aromatic heterocycles. The zero-order chi connectivity index (χ0) is 20.9. The second-order valence-corrected chi connectivity index (χ2v) is 12.6. The van der Waals surface area contributed by atoms with E-state index in [1.54, 1.807) is 0 Å². The van der Waals surface area contributed by atoms with Crippen molar-refractivity contribution in [1.82, 2.24) is 0 Å². The number of rotatable bonds is 6. The van der Waals surface area contributed by atoms with Gasteiger partial charge in [-0.15, -0.1) is 0 Å². The summed E-state index contributed by atoms with van der Waals surface area (Å²) in [6, 6.07) is 0. The van der Waals surface area contributed by atoms with E-state index >= 15 is 0 Å². The van der Waals surface area contributed by atoms with Gasteiger partial charge in [0.25, 0.3) is 0 Å². The number of hydrogen-bond acceptors (Lipinski definition) is 2. The molecule has 8 bridgehead atoms. The van der Waals surface area contributed by atoms with Crippen LogP contribution in [0.2, 0.25) is 0 Å². The molecule has 0 saturated heterocycles. The summed E-state index contributed by atoms with van der Waals surface area (Å²) in [7, 11) is 0. The number of carbonyl (C=O) groups is 2. The monoisotopic (exact) mass is 416 g/mol. The fourth-order valence-electron chi connectivity index (χ4n) is 9.94. The van der Waals surface area contributed by atoms with E-state index in [4.69, 9.17) is 10.2 Å². The number of hydrogen-bond donors (Lipinski definition) is 2. The third-order valence-electron chi connectivity index (χ3n) is 10.1. The average Bonchev–Trinajstić information content (AvgIpc) is 2.63. The Kier molecular flexibility index (Phi) is 5.42. The van der Waals surface area contributed by atoms with Crippen LogP contribution in [-0.2, 0) is 9.59 Å². The van der Waals surface area contributed by atoms with Crippen LogP contribution in [0.25, 0.3) is 0 Å². The maximum Gasteiger partial charge on any atom is 0.303 e. The van der Waals surface area contributed by atoms with Gasteiger partial charge in [-0.3, -0.25) is 9.59 Å². The van der Waals surface area contributed by atoms with Gasteiger partial charge in [0.2, 0.25) is 0 Å². The summed E-state index contributed by atoms with van der Waals surface area (Å²) in [4.78, 5) is 21.4. The van der Waals surface area contributed by atoms with Crippen molar-refractivity contribution in [3.05, 3.63) is 0 Å². The van der Waals surface area contributed by atoms with Gasteiger partial charge in [-0.2, -0.15) is 0 Å². The molecule has 8 fully saturated rings. The molecule has 0 unspecified atom stereocenters. The van der Waals surface area contributed by atoms with Crippen molar-refractivity contribution in [2.45, 2.75) is 103 Å². The van der Waals surface area contributed by atoms with Crippen molar-refractivity contribution in [2.24, 2.45) is 46.3 Å². The first kappa shape index (κ1) is 20.8. The first-order valence-electron chi connectivity index (χ1n) is 12.7. The van der Waals surface area contributed by atoms with E-state index in [2.05, 4.69) is 0 Å². The molecule has 8 aliphatic carbocycles. The summed E-state index contributed by atoms with van der Waals surface area (Å²) in [5.74, 6) is 4.48. The van der Waals surface area contributed by atoms with Gasteiger partial charge in [0.1, 0.15) is 0 Å². The Morgan fingerprint density at radius 1 is 0.533 bits per heavy atom. The zero-order valence-electron chi connectivity index (χ0n) is 18.5. The Hall–Kier alpha value is -1.06. The highest BCUT2D eigenvalue weighted by Gasteiger charge is 2.51. The number of carboxylic acids is 2. The molecule has 8 aliphatic rings. The van der Waals surface area contributed by atoms with Gasteiger partial charge in [-0.1, -0.05) is 0 Å². The van der Waals surface area contributed by atoms with Crippen molar-refractivity contribution in [3.8, 4) is 0 Å². The molecule has 4 nitrogen and oxygen atoms in total. The molecule has 0 aliphatic heterocycles. The predicted molar refractivity (Wildman–Crippen MR) is 115 cm³/mol. The summed E-state index contributed by atoms with van der Waals surface area (Å²) < 4.78 is 0. The normalized spacial score (nSPS) is 47.1.